The van der Waals surface area contributed by atoms with Crippen LogP contribution < -0.4 is 0 Å². The molecule has 1 unspecified atom stereocenters. The van der Waals surface area contributed by atoms with E-state index >= 15 is 0 Å². The number of rotatable bonds is 9. The average Bonchev–Trinajstić information content (AvgIpc) is 2.75. The van der Waals surface area contributed by atoms with E-state index in [1.165, 1.54) is 0 Å². The molecule has 5 heteroatoms. The number of carbonyl (C=O) groups is 2. The molecule has 29 heavy (non-hydrogen) atoms. The lowest BCUT2D eigenvalue weighted by molar-refractivity contribution is -0.211. The van der Waals surface area contributed by atoms with Gasteiger partial charge >= 0.3 is 5.97 Å². The van der Waals surface area contributed by atoms with E-state index < -0.39 is 17.9 Å². The summed E-state index contributed by atoms with van der Waals surface area (Å²) < 4.78 is 0. The SMILES string of the molecule is O=C(O)C(Cc1ccccc1)N(OCc1ccccc1)C(=O)Cc1ccccc1. The summed E-state index contributed by atoms with van der Waals surface area (Å²) in [6.45, 7) is 0.111. The van der Waals surface area contributed by atoms with E-state index in [1.54, 1.807) is 0 Å². The van der Waals surface area contributed by atoms with Crippen LogP contribution in [0.1, 0.15) is 16.7 Å². The maximum absolute atomic E-state index is 13.0. The zero-order chi connectivity index (χ0) is 20.5. The van der Waals surface area contributed by atoms with Gasteiger partial charge in [0.05, 0.1) is 6.42 Å². The third-order valence-electron chi connectivity index (χ3n) is 4.50. The largest absolute Gasteiger partial charge is 0.480 e. The molecule has 0 spiro atoms. The predicted molar refractivity (Wildman–Crippen MR) is 110 cm³/mol. The molecule has 3 rings (SSSR count). The van der Waals surface area contributed by atoms with Gasteiger partial charge in [0.15, 0.2) is 6.04 Å². The highest BCUT2D eigenvalue weighted by Gasteiger charge is 2.31. The highest BCUT2D eigenvalue weighted by Crippen LogP contribution is 2.15. The summed E-state index contributed by atoms with van der Waals surface area (Å²) in [5.74, 6) is -1.50. The molecule has 0 bridgehead atoms. The first-order valence-electron chi connectivity index (χ1n) is 9.43. The molecule has 3 aromatic carbocycles. The van der Waals surface area contributed by atoms with E-state index in [1.807, 2.05) is 91.0 Å². The molecule has 1 atom stereocenters. The van der Waals surface area contributed by atoms with Gasteiger partial charge < -0.3 is 5.11 Å². The molecule has 148 valence electrons. The van der Waals surface area contributed by atoms with Gasteiger partial charge in [-0.3, -0.25) is 9.63 Å². The predicted octanol–water partition coefficient (Wildman–Crippen LogP) is 3.89. The van der Waals surface area contributed by atoms with E-state index in [0.717, 1.165) is 21.8 Å². The molecule has 0 aliphatic rings. The number of hydrogen-bond donors (Lipinski definition) is 1. The molecular weight excluding hydrogens is 366 g/mol. The Kier molecular flexibility index (Phi) is 7.14. The van der Waals surface area contributed by atoms with Crippen LogP contribution >= 0.6 is 0 Å². The summed E-state index contributed by atoms with van der Waals surface area (Å²) in [7, 11) is 0. The number of carbonyl (C=O) groups excluding carboxylic acids is 1. The monoisotopic (exact) mass is 389 g/mol. The lowest BCUT2D eigenvalue weighted by Crippen LogP contribution is -2.47. The summed E-state index contributed by atoms with van der Waals surface area (Å²) in [4.78, 5) is 30.8. The van der Waals surface area contributed by atoms with E-state index in [2.05, 4.69) is 0 Å². The van der Waals surface area contributed by atoms with Gasteiger partial charge in [-0.25, -0.2) is 9.86 Å². The summed E-state index contributed by atoms with van der Waals surface area (Å²) in [5, 5.41) is 10.9. The molecule has 5 nitrogen and oxygen atoms in total. The van der Waals surface area contributed by atoms with Crippen molar-refractivity contribution in [3.8, 4) is 0 Å². The molecule has 0 aliphatic carbocycles. The fourth-order valence-electron chi connectivity index (χ4n) is 3.01. The van der Waals surface area contributed by atoms with E-state index in [4.69, 9.17) is 4.84 Å². The molecule has 0 radical (unpaired) electrons. The molecular formula is C24H23NO4. The zero-order valence-corrected chi connectivity index (χ0v) is 16.0. The molecule has 1 N–H and O–H groups in total. The summed E-state index contributed by atoms with van der Waals surface area (Å²) in [5.41, 5.74) is 2.48. The molecule has 0 aliphatic heterocycles. The van der Waals surface area contributed by atoms with Crippen molar-refractivity contribution in [2.24, 2.45) is 0 Å². The fraction of sp³-hybridized carbons (Fsp3) is 0.167. The Labute approximate surface area is 170 Å². The first kappa shape index (κ1) is 20.3. The third-order valence-corrected chi connectivity index (χ3v) is 4.50. The second-order valence-electron chi connectivity index (χ2n) is 6.68. The number of nitrogens with zero attached hydrogens (tertiary/aromatic N) is 1. The average molecular weight is 389 g/mol. The zero-order valence-electron chi connectivity index (χ0n) is 16.0. The first-order chi connectivity index (χ1) is 14.1. The molecule has 0 aromatic heterocycles. The first-order valence-corrected chi connectivity index (χ1v) is 9.43. The summed E-state index contributed by atoms with van der Waals surface area (Å²) >= 11 is 0. The number of carboxylic acid groups (broad SMARTS) is 1. The van der Waals surface area contributed by atoms with Crippen molar-refractivity contribution in [3.05, 3.63) is 108 Å². The number of hydroxylamine groups is 2. The second-order valence-corrected chi connectivity index (χ2v) is 6.68. The van der Waals surface area contributed by atoms with Crippen LogP contribution in [-0.2, 0) is 33.9 Å². The van der Waals surface area contributed by atoms with Crippen molar-refractivity contribution in [3.63, 3.8) is 0 Å². The van der Waals surface area contributed by atoms with Crippen molar-refractivity contribution >= 4 is 11.9 Å². The minimum absolute atomic E-state index is 0.0637. The number of benzene rings is 3. The Balaban J connectivity index is 1.82. The highest BCUT2D eigenvalue weighted by atomic mass is 16.7. The minimum Gasteiger partial charge on any atom is -0.480 e. The van der Waals surface area contributed by atoms with E-state index in [0.29, 0.717) is 0 Å². The van der Waals surface area contributed by atoms with Gasteiger partial charge in [0.1, 0.15) is 6.61 Å². The Morgan fingerprint density at radius 1 is 0.759 bits per heavy atom. The highest BCUT2D eigenvalue weighted by molar-refractivity contribution is 5.84. The molecule has 3 aromatic rings. The number of aliphatic carboxylic acids is 1. The Morgan fingerprint density at radius 3 is 1.76 bits per heavy atom. The van der Waals surface area contributed by atoms with Crippen LogP contribution in [0.5, 0.6) is 0 Å². The lowest BCUT2D eigenvalue weighted by Gasteiger charge is -2.28. The van der Waals surface area contributed by atoms with Crippen molar-refractivity contribution in [2.75, 3.05) is 0 Å². The van der Waals surface area contributed by atoms with Crippen LogP contribution in [0, 0.1) is 0 Å². The quantitative estimate of drug-likeness (QED) is 0.564. The Morgan fingerprint density at radius 2 is 1.24 bits per heavy atom. The molecule has 0 heterocycles. The van der Waals surface area contributed by atoms with Crippen LogP contribution in [0.2, 0.25) is 0 Å². The molecule has 0 saturated carbocycles. The fourth-order valence-corrected chi connectivity index (χ4v) is 3.01. The maximum atomic E-state index is 13.0. The summed E-state index contributed by atoms with van der Waals surface area (Å²) in [6, 6.07) is 26.7. The molecule has 0 fully saturated rings. The van der Waals surface area contributed by atoms with Gasteiger partial charge in [0.25, 0.3) is 5.91 Å². The van der Waals surface area contributed by atoms with Crippen molar-refractivity contribution < 1.29 is 19.5 Å². The van der Waals surface area contributed by atoms with Crippen LogP contribution in [0.3, 0.4) is 0 Å². The van der Waals surface area contributed by atoms with Crippen LogP contribution in [0.25, 0.3) is 0 Å². The topological polar surface area (TPSA) is 66.8 Å². The van der Waals surface area contributed by atoms with Gasteiger partial charge in [0, 0.05) is 6.42 Å². The van der Waals surface area contributed by atoms with Gasteiger partial charge in [-0.1, -0.05) is 91.0 Å². The Hall–Kier alpha value is -3.44. The smallest absolute Gasteiger partial charge is 0.329 e. The Bertz CT molecular complexity index is 913. The standard InChI is InChI=1S/C24H23NO4/c26-23(17-20-12-6-2-7-13-20)25(29-18-21-14-8-3-9-15-21)22(24(27)28)16-19-10-4-1-5-11-19/h1-15,22H,16-18H2,(H,27,28). The van der Waals surface area contributed by atoms with E-state index in [9.17, 15) is 14.7 Å². The van der Waals surface area contributed by atoms with Crippen LogP contribution in [0.4, 0.5) is 0 Å². The van der Waals surface area contributed by atoms with Crippen LogP contribution in [0.15, 0.2) is 91.0 Å². The number of amides is 1. The summed E-state index contributed by atoms with van der Waals surface area (Å²) in [6.07, 6.45) is 0.222. The van der Waals surface area contributed by atoms with Gasteiger partial charge in [-0.15, -0.1) is 0 Å². The van der Waals surface area contributed by atoms with Crippen molar-refractivity contribution in [2.45, 2.75) is 25.5 Å². The van der Waals surface area contributed by atoms with Crippen LogP contribution in [-0.4, -0.2) is 28.1 Å². The van der Waals surface area contributed by atoms with Crippen molar-refractivity contribution in [1.82, 2.24) is 5.06 Å². The maximum Gasteiger partial charge on any atom is 0.329 e. The van der Waals surface area contributed by atoms with Gasteiger partial charge in [-0.2, -0.15) is 0 Å². The van der Waals surface area contributed by atoms with E-state index in [-0.39, 0.29) is 19.4 Å². The van der Waals surface area contributed by atoms with Crippen molar-refractivity contribution in [1.29, 1.82) is 0 Å². The third kappa shape index (κ3) is 6.02. The second kappa shape index (κ2) is 10.2. The minimum atomic E-state index is -1.13. The number of hydrogen-bond acceptors (Lipinski definition) is 3. The number of carboxylic acids is 1. The lowest BCUT2D eigenvalue weighted by atomic mass is 10.0. The molecule has 0 saturated heterocycles. The van der Waals surface area contributed by atoms with Gasteiger partial charge in [-0.05, 0) is 16.7 Å². The van der Waals surface area contributed by atoms with Gasteiger partial charge in [0.2, 0.25) is 0 Å². The molecule has 1 amide bonds. The normalized spacial score (nSPS) is 11.6.